The molecule has 0 radical (unpaired) electrons. The average Bonchev–Trinajstić information content (AvgIpc) is 2.94. The van der Waals surface area contributed by atoms with E-state index in [0.717, 1.165) is 37.2 Å². The number of thiol groups is 1. The number of hydrogen-bond donors (Lipinski definition) is 3. The highest BCUT2D eigenvalue weighted by molar-refractivity contribution is 7.80. The summed E-state index contributed by atoms with van der Waals surface area (Å²) < 4.78 is 0. The van der Waals surface area contributed by atoms with Crippen LogP contribution in [-0.2, 0) is 4.79 Å². The quantitative estimate of drug-likeness (QED) is 0.701. The van der Waals surface area contributed by atoms with Crippen molar-refractivity contribution < 1.29 is 4.79 Å². The van der Waals surface area contributed by atoms with Gasteiger partial charge in [0.15, 0.2) is 0 Å². The van der Waals surface area contributed by atoms with Gasteiger partial charge in [0.25, 0.3) is 0 Å². The van der Waals surface area contributed by atoms with Gasteiger partial charge in [-0.3, -0.25) is 9.69 Å². The van der Waals surface area contributed by atoms with E-state index in [0.29, 0.717) is 11.7 Å². The van der Waals surface area contributed by atoms with Crippen molar-refractivity contribution in [3.05, 3.63) is 29.3 Å². The number of amides is 1. The number of carbonyl (C=O) groups is 1. The molecule has 128 valence electrons. The van der Waals surface area contributed by atoms with Gasteiger partial charge in [0.1, 0.15) is 0 Å². The minimum absolute atomic E-state index is 0.00458. The Labute approximate surface area is 145 Å². The first-order chi connectivity index (χ1) is 11.0. The van der Waals surface area contributed by atoms with Crippen molar-refractivity contribution in [3.63, 3.8) is 0 Å². The van der Waals surface area contributed by atoms with Crippen LogP contribution in [-0.4, -0.2) is 41.7 Å². The van der Waals surface area contributed by atoms with Crippen LogP contribution in [0.5, 0.6) is 0 Å². The molecule has 1 aliphatic rings. The van der Waals surface area contributed by atoms with Gasteiger partial charge in [0, 0.05) is 24.0 Å². The van der Waals surface area contributed by atoms with Crippen molar-refractivity contribution >= 4 is 24.2 Å². The van der Waals surface area contributed by atoms with E-state index >= 15 is 0 Å². The van der Waals surface area contributed by atoms with Crippen molar-refractivity contribution in [2.45, 2.75) is 45.7 Å². The molecule has 3 N–H and O–H groups in total. The summed E-state index contributed by atoms with van der Waals surface area (Å²) in [5.74, 6) is 1.13. The zero-order chi connectivity index (χ0) is 17.0. The highest BCUT2D eigenvalue weighted by Crippen LogP contribution is 2.29. The first kappa shape index (κ1) is 18.3. The van der Waals surface area contributed by atoms with Gasteiger partial charge >= 0.3 is 0 Å². The molecular weight excluding hydrogens is 306 g/mol. The Morgan fingerprint density at radius 2 is 2.22 bits per heavy atom. The van der Waals surface area contributed by atoms with Gasteiger partial charge in [-0.15, -0.1) is 0 Å². The molecule has 0 bridgehead atoms. The number of rotatable bonds is 6. The smallest absolute Gasteiger partial charge is 0.242 e. The Bertz CT molecular complexity index is 549. The van der Waals surface area contributed by atoms with E-state index in [1.165, 1.54) is 5.56 Å². The standard InChI is InChI=1S/C18H29N3OS/c1-4-14-8-9-21(10-15(19)11-23)17(14)18(22)20-16-7-5-6-12(2)13(16)3/h5-7,14-15,17,23H,4,8-11,19H2,1-3H3,(H,20,22)/t14-,15+,17-/m0/s1. The Morgan fingerprint density at radius 1 is 1.48 bits per heavy atom. The fourth-order valence-corrected chi connectivity index (χ4v) is 3.51. The second-order valence-corrected chi connectivity index (χ2v) is 6.94. The molecule has 1 amide bonds. The monoisotopic (exact) mass is 335 g/mol. The van der Waals surface area contributed by atoms with Crippen LogP contribution in [0.3, 0.4) is 0 Å². The molecule has 23 heavy (non-hydrogen) atoms. The van der Waals surface area contributed by atoms with Crippen LogP contribution >= 0.6 is 12.6 Å². The molecule has 4 nitrogen and oxygen atoms in total. The minimum Gasteiger partial charge on any atom is -0.326 e. The van der Waals surface area contributed by atoms with Crippen LogP contribution in [0, 0.1) is 19.8 Å². The summed E-state index contributed by atoms with van der Waals surface area (Å²) in [5.41, 5.74) is 9.28. The summed E-state index contributed by atoms with van der Waals surface area (Å²) >= 11 is 4.27. The van der Waals surface area contributed by atoms with E-state index in [-0.39, 0.29) is 18.0 Å². The van der Waals surface area contributed by atoms with Crippen LogP contribution in [0.15, 0.2) is 18.2 Å². The number of nitrogens with one attached hydrogen (secondary N) is 1. The number of nitrogens with zero attached hydrogens (tertiary/aromatic N) is 1. The van der Waals surface area contributed by atoms with Gasteiger partial charge < -0.3 is 11.1 Å². The van der Waals surface area contributed by atoms with E-state index in [1.54, 1.807) is 0 Å². The minimum atomic E-state index is -0.0918. The zero-order valence-electron chi connectivity index (χ0n) is 14.4. The maximum absolute atomic E-state index is 12.9. The highest BCUT2D eigenvalue weighted by atomic mass is 32.1. The number of benzene rings is 1. The van der Waals surface area contributed by atoms with Crippen molar-refractivity contribution in [1.29, 1.82) is 0 Å². The maximum atomic E-state index is 12.9. The second kappa shape index (κ2) is 8.18. The van der Waals surface area contributed by atoms with Gasteiger partial charge in [-0.05, 0) is 49.9 Å². The molecule has 1 aromatic rings. The first-order valence-electron chi connectivity index (χ1n) is 8.45. The normalized spacial score (nSPS) is 23.0. The van der Waals surface area contributed by atoms with E-state index in [4.69, 9.17) is 5.73 Å². The molecule has 0 unspecified atom stereocenters. The topological polar surface area (TPSA) is 58.4 Å². The molecule has 5 heteroatoms. The molecule has 1 saturated heterocycles. The number of aryl methyl sites for hydroxylation is 1. The molecule has 1 fully saturated rings. The third-order valence-corrected chi connectivity index (χ3v) is 5.46. The van der Waals surface area contributed by atoms with E-state index in [9.17, 15) is 4.79 Å². The predicted molar refractivity (Wildman–Crippen MR) is 100 cm³/mol. The number of likely N-dealkylation sites (tertiary alicyclic amines) is 1. The largest absolute Gasteiger partial charge is 0.326 e. The van der Waals surface area contributed by atoms with Gasteiger partial charge in [0.2, 0.25) is 5.91 Å². The highest BCUT2D eigenvalue weighted by Gasteiger charge is 2.38. The van der Waals surface area contributed by atoms with Crippen LogP contribution in [0.1, 0.15) is 30.9 Å². The molecule has 0 spiro atoms. The third kappa shape index (κ3) is 4.28. The summed E-state index contributed by atoms with van der Waals surface area (Å²) in [5, 5.41) is 3.14. The average molecular weight is 336 g/mol. The Morgan fingerprint density at radius 3 is 2.87 bits per heavy atom. The number of carbonyl (C=O) groups excluding carboxylic acids is 1. The van der Waals surface area contributed by atoms with Crippen LogP contribution in [0.25, 0.3) is 0 Å². The van der Waals surface area contributed by atoms with Crippen molar-refractivity contribution in [3.8, 4) is 0 Å². The lowest BCUT2D eigenvalue weighted by Crippen LogP contribution is -2.48. The number of nitrogens with two attached hydrogens (primary N) is 1. The Balaban J connectivity index is 2.14. The molecule has 1 heterocycles. The second-order valence-electron chi connectivity index (χ2n) is 6.58. The van der Waals surface area contributed by atoms with Crippen molar-refractivity contribution in [2.75, 3.05) is 24.2 Å². The van der Waals surface area contributed by atoms with E-state index in [1.807, 2.05) is 19.1 Å². The molecule has 3 atom stereocenters. The molecule has 2 rings (SSSR count). The zero-order valence-corrected chi connectivity index (χ0v) is 15.3. The summed E-state index contributed by atoms with van der Waals surface area (Å²) in [6.07, 6.45) is 2.07. The maximum Gasteiger partial charge on any atom is 0.242 e. The van der Waals surface area contributed by atoms with Gasteiger partial charge in [-0.1, -0.05) is 25.5 Å². The summed E-state index contributed by atoms with van der Waals surface area (Å²) in [4.78, 5) is 15.1. The van der Waals surface area contributed by atoms with Gasteiger partial charge in [-0.2, -0.15) is 12.6 Å². The lowest BCUT2D eigenvalue weighted by Gasteiger charge is -2.29. The molecule has 1 aliphatic heterocycles. The first-order valence-corrected chi connectivity index (χ1v) is 9.08. The summed E-state index contributed by atoms with van der Waals surface area (Å²) in [6, 6.07) is 5.93. The van der Waals surface area contributed by atoms with E-state index in [2.05, 4.69) is 42.8 Å². The fraction of sp³-hybridized carbons (Fsp3) is 0.611. The van der Waals surface area contributed by atoms with Gasteiger partial charge in [-0.25, -0.2) is 0 Å². The third-order valence-electron chi connectivity index (χ3n) is 4.99. The molecule has 0 saturated carbocycles. The summed E-state index contributed by atoms with van der Waals surface area (Å²) in [7, 11) is 0. The van der Waals surface area contributed by atoms with Crippen LogP contribution < -0.4 is 11.1 Å². The Kier molecular flexibility index (Phi) is 6.50. The van der Waals surface area contributed by atoms with Gasteiger partial charge in [0.05, 0.1) is 6.04 Å². The molecular formula is C18H29N3OS. The van der Waals surface area contributed by atoms with Crippen molar-refractivity contribution in [2.24, 2.45) is 11.7 Å². The van der Waals surface area contributed by atoms with Crippen LogP contribution in [0.4, 0.5) is 5.69 Å². The number of hydrogen-bond acceptors (Lipinski definition) is 4. The predicted octanol–water partition coefficient (Wildman–Crippen LogP) is 2.60. The number of anilines is 1. The molecule has 0 aromatic heterocycles. The van der Waals surface area contributed by atoms with Crippen LogP contribution in [0.2, 0.25) is 0 Å². The van der Waals surface area contributed by atoms with E-state index < -0.39 is 0 Å². The molecule has 1 aromatic carbocycles. The summed E-state index contributed by atoms with van der Waals surface area (Å²) in [6.45, 7) is 7.93. The SMILES string of the molecule is CC[C@H]1CCN(C[C@@H](N)CS)[C@@H]1C(=O)Nc1cccc(C)c1C. The lowest BCUT2D eigenvalue weighted by atomic mass is 9.96. The lowest BCUT2D eigenvalue weighted by molar-refractivity contribution is -0.121. The Hall–Kier alpha value is -1.04. The molecule has 0 aliphatic carbocycles. The van der Waals surface area contributed by atoms with Crippen molar-refractivity contribution in [1.82, 2.24) is 4.90 Å². The fourth-order valence-electron chi connectivity index (χ4n) is 3.39.